The molecule has 84 valence electrons. The Labute approximate surface area is 89.7 Å². The summed E-state index contributed by atoms with van der Waals surface area (Å²) < 4.78 is 0. The van der Waals surface area contributed by atoms with Gasteiger partial charge < -0.3 is 5.32 Å². The van der Waals surface area contributed by atoms with Gasteiger partial charge in [-0.2, -0.15) is 0 Å². The lowest BCUT2D eigenvalue weighted by Gasteiger charge is -2.43. The molecule has 0 aromatic carbocycles. The van der Waals surface area contributed by atoms with Crippen molar-refractivity contribution < 1.29 is 0 Å². The molecule has 0 spiro atoms. The predicted molar refractivity (Wildman–Crippen MR) is 63.4 cm³/mol. The average Bonchev–Trinajstić information content (AvgIpc) is 2.17. The van der Waals surface area contributed by atoms with Crippen molar-refractivity contribution in [2.75, 3.05) is 7.05 Å². The zero-order valence-electron chi connectivity index (χ0n) is 10.6. The normalized spacial score (nSPS) is 34.5. The topological polar surface area (TPSA) is 12.0 Å². The van der Waals surface area contributed by atoms with E-state index in [1.54, 1.807) is 0 Å². The minimum atomic E-state index is 0.540. The number of hydrogen-bond donors (Lipinski definition) is 1. The van der Waals surface area contributed by atoms with Crippen molar-refractivity contribution >= 4 is 0 Å². The van der Waals surface area contributed by atoms with E-state index in [4.69, 9.17) is 0 Å². The lowest BCUT2D eigenvalue weighted by atomic mass is 9.64. The lowest BCUT2D eigenvalue weighted by molar-refractivity contribution is 0.0848. The van der Waals surface area contributed by atoms with Gasteiger partial charge in [0, 0.05) is 6.04 Å². The lowest BCUT2D eigenvalue weighted by Crippen LogP contribution is -2.39. The summed E-state index contributed by atoms with van der Waals surface area (Å²) in [5, 5.41) is 3.42. The monoisotopic (exact) mass is 197 g/mol. The van der Waals surface area contributed by atoms with Crippen LogP contribution in [0.15, 0.2) is 0 Å². The van der Waals surface area contributed by atoms with Crippen LogP contribution >= 0.6 is 0 Å². The number of rotatable bonds is 3. The summed E-state index contributed by atoms with van der Waals surface area (Å²) in [6, 6.07) is 0.772. The molecule has 14 heavy (non-hydrogen) atoms. The van der Waals surface area contributed by atoms with Gasteiger partial charge in [-0.15, -0.1) is 0 Å². The van der Waals surface area contributed by atoms with E-state index in [9.17, 15) is 0 Å². The average molecular weight is 197 g/mol. The largest absolute Gasteiger partial charge is 0.317 e. The molecule has 1 fully saturated rings. The fourth-order valence-corrected chi connectivity index (χ4v) is 3.08. The van der Waals surface area contributed by atoms with Crippen LogP contribution in [0.25, 0.3) is 0 Å². The van der Waals surface area contributed by atoms with Crippen LogP contribution in [0.5, 0.6) is 0 Å². The van der Waals surface area contributed by atoms with Crippen molar-refractivity contribution in [3.05, 3.63) is 0 Å². The van der Waals surface area contributed by atoms with Crippen LogP contribution in [0.4, 0.5) is 0 Å². The first kappa shape index (κ1) is 12.0. The van der Waals surface area contributed by atoms with Gasteiger partial charge in [-0.3, -0.25) is 0 Å². The molecule has 1 N–H and O–H groups in total. The molecule has 1 nitrogen and oxygen atoms in total. The predicted octanol–water partition coefficient (Wildman–Crippen LogP) is 3.45. The maximum atomic E-state index is 3.42. The maximum Gasteiger partial charge on any atom is 0.00668 e. The minimum Gasteiger partial charge on any atom is -0.317 e. The summed E-state index contributed by atoms with van der Waals surface area (Å²) in [7, 11) is 2.10. The molecule has 1 aliphatic carbocycles. The molecule has 1 aliphatic rings. The Bertz CT molecular complexity index is 174. The summed E-state index contributed by atoms with van der Waals surface area (Å²) in [4.78, 5) is 0. The molecule has 1 heteroatoms. The van der Waals surface area contributed by atoms with E-state index >= 15 is 0 Å². The van der Waals surface area contributed by atoms with Gasteiger partial charge in [0.15, 0.2) is 0 Å². The molecule has 0 radical (unpaired) electrons. The Balaban J connectivity index is 2.57. The first-order valence-corrected chi connectivity index (χ1v) is 6.18. The quantitative estimate of drug-likeness (QED) is 0.731. The smallest absolute Gasteiger partial charge is 0.00668 e. The SMILES string of the molecule is CCC(C)(C)C1CCC(NC)CC1C. The van der Waals surface area contributed by atoms with Crippen LogP contribution in [-0.2, 0) is 0 Å². The fraction of sp³-hybridized carbons (Fsp3) is 1.00. The third-order valence-corrected chi connectivity index (χ3v) is 4.49. The Morgan fingerprint density at radius 1 is 1.29 bits per heavy atom. The van der Waals surface area contributed by atoms with Crippen molar-refractivity contribution in [3.8, 4) is 0 Å². The molecule has 0 amide bonds. The van der Waals surface area contributed by atoms with Gasteiger partial charge in [-0.25, -0.2) is 0 Å². The molecule has 1 saturated carbocycles. The fourth-order valence-electron chi connectivity index (χ4n) is 3.08. The van der Waals surface area contributed by atoms with E-state index in [2.05, 4.69) is 40.1 Å². The second-order valence-corrected chi connectivity index (χ2v) is 5.72. The summed E-state index contributed by atoms with van der Waals surface area (Å²) >= 11 is 0. The highest BCUT2D eigenvalue weighted by Gasteiger charge is 2.36. The third-order valence-electron chi connectivity index (χ3n) is 4.49. The van der Waals surface area contributed by atoms with E-state index in [1.807, 2.05) is 0 Å². The second-order valence-electron chi connectivity index (χ2n) is 5.72. The molecule has 0 aromatic heterocycles. The first-order valence-electron chi connectivity index (χ1n) is 6.18. The molecular formula is C13H27N. The van der Waals surface area contributed by atoms with Crippen LogP contribution in [-0.4, -0.2) is 13.1 Å². The van der Waals surface area contributed by atoms with Gasteiger partial charge in [-0.1, -0.05) is 34.1 Å². The Morgan fingerprint density at radius 2 is 1.93 bits per heavy atom. The zero-order valence-corrected chi connectivity index (χ0v) is 10.6. The van der Waals surface area contributed by atoms with Crippen LogP contribution < -0.4 is 5.32 Å². The molecule has 0 aromatic rings. The highest BCUT2D eigenvalue weighted by Crippen LogP contribution is 2.43. The zero-order chi connectivity index (χ0) is 10.8. The third kappa shape index (κ3) is 2.50. The molecule has 3 unspecified atom stereocenters. The van der Waals surface area contributed by atoms with Gasteiger partial charge in [0.05, 0.1) is 0 Å². The molecule has 0 heterocycles. The van der Waals surface area contributed by atoms with E-state index in [-0.39, 0.29) is 0 Å². The molecule has 0 saturated heterocycles. The molecule has 0 aliphatic heterocycles. The molecular weight excluding hydrogens is 170 g/mol. The van der Waals surface area contributed by atoms with Gasteiger partial charge in [0.1, 0.15) is 0 Å². The minimum absolute atomic E-state index is 0.540. The highest BCUT2D eigenvalue weighted by atomic mass is 14.9. The van der Waals surface area contributed by atoms with E-state index in [1.165, 1.54) is 25.7 Å². The summed E-state index contributed by atoms with van der Waals surface area (Å²) in [6.07, 6.45) is 5.46. The summed E-state index contributed by atoms with van der Waals surface area (Å²) in [6.45, 7) is 9.64. The second kappa shape index (κ2) is 4.65. The van der Waals surface area contributed by atoms with Crippen molar-refractivity contribution in [2.45, 2.75) is 59.4 Å². The summed E-state index contributed by atoms with van der Waals surface area (Å²) in [5.41, 5.74) is 0.540. The van der Waals surface area contributed by atoms with Crippen LogP contribution in [0.1, 0.15) is 53.4 Å². The standard InChI is InChI=1S/C13H27N/c1-6-13(3,4)12-8-7-11(14-5)9-10(12)2/h10-12,14H,6-9H2,1-5H3. The van der Waals surface area contributed by atoms with Crippen molar-refractivity contribution in [1.82, 2.24) is 5.32 Å². The number of hydrogen-bond acceptors (Lipinski definition) is 1. The first-order chi connectivity index (χ1) is 6.51. The van der Waals surface area contributed by atoms with E-state index in [0.29, 0.717) is 5.41 Å². The van der Waals surface area contributed by atoms with Gasteiger partial charge in [0.2, 0.25) is 0 Å². The van der Waals surface area contributed by atoms with Gasteiger partial charge in [-0.05, 0) is 43.6 Å². The van der Waals surface area contributed by atoms with Crippen molar-refractivity contribution in [3.63, 3.8) is 0 Å². The van der Waals surface area contributed by atoms with E-state index in [0.717, 1.165) is 17.9 Å². The van der Waals surface area contributed by atoms with Crippen molar-refractivity contribution in [1.29, 1.82) is 0 Å². The summed E-state index contributed by atoms with van der Waals surface area (Å²) in [5.74, 6) is 1.81. The van der Waals surface area contributed by atoms with E-state index < -0.39 is 0 Å². The number of nitrogens with one attached hydrogen (secondary N) is 1. The van der Waals surface area contributed by atoms with Crippen LogP contribution in [0.3, 0.4) is 0 Å². The van der Waals surface area contributed by atoms with Crippen LogP contribution in [0, 0.1) is 17.3 Å². The molecule has 1 rings (SSSR count). The van der Waals surface area contributed by atoms with Crippen molar-refractivity contribution in [2.24, 2.45) is 17.3 Å². The Kier molecular flexibility index (Phi) is 4.00. The van der Waals surface area contributed by atoms with Gasteiger partial charge in [0.25, 0.3) is 0 Å². The van der Waals surface area contributed by atoms with Crippen LogP contribution in [0.2, 0.25) is 0 Å². The Morgan fingerprint density at radius 3 is 2.36 bits per heavy atom. The van der Waals surface area contributed by atoms with Gasteiger partial charge >= 0.3 is 0 Å². The Hall–Kier alpha value is -0.0400. The highest BCUT2D eigenvalue weighted by molar-refractivity contribution is 4.88. The molecule has 0 bridgehead atoms. The molecule has 3 atom stereocenters. The maximum absolute atomic E-state index is 3.42.